The van der Waals surface area contributed by atoms with Crippen molar-refractivity contribution in [3.63, 3.8) is 0 Å². The molecule has 4 aromatic rings. The van der Waals surface area contributed by atoms with E-state index in [1.165, 1.54) is 17.7 Å². The van der Waals surface area contributed by atoms with Crippen molar-refractivity contribution in [3.8, 4) is 0 Å². The van der Waals surface area contributed by atoms with Crippen molar-refractivity contribution in [1.82, 2.24) is 20.2 Å². The number of hydrogen-bond acceptors (Lipinski definition) is 7. The van der Waals surface area contributed by atoms with Gasteiger partial charge in [-0.05, 0) is 18.1 Å². The summed E-state index contributed by atoms with van der Waals surface area (Å²) in [6.45, 7) is 0. The molecule has 2 N–H and O–H groups in total. The lowest BCUT2D eigenvalue weighted by Gasteiger charge is -2.08. The van der Waals surface area contributed by atoms with Gasteiger partial charge in [-0.25, -0.2) is 9.97 Å². The molecule has 4 rings (SSSR count). The molecule has 0 bridgehead atoms. The predicted octanol–water partition coefficient (Wildman–Crippen LogP) is 4.34. The highest BCUT2D eigenvalue weighted by Crippen LogP contribution is 2.27. The monoisotopic (exact) mass is 392 g/mol. The van der Waals surface area contributed by atoms with Crippen LogP contribution in [0.25, 0.3) is 11.0 Å². The van der Waals surface area contributed by atoms with Gasteiger partial charge in [0.05, 0.1) is 16.5 Å². The number of aryl methyl sites for hydroxylation is 1. The summed E-state index contributed by atoms with van der Waals surface area (Å²) in [5, 5.41) is 22.4. The van der Waals surface area contributed by atoms with Gasteiger partial charge in [-0.15, -0.1) is 0 Å². The fourth-order valence-electron chi connectivity index (χ4n) is 2.71. The van der Waals surface area contributed by atoms with E-state index in [1.54, 1.807) is 30.1 Å². The second kappa shape index (κ2) is 8.05. The lowest BCUT2D eigenvalue weighted by atomic mass is 10.2. The van der Waals surface area contributed by atoms with E-state index in [2.05, 4.69) is 37.6 Å². The largest absolute Gasteiger partial charge is 0.339 e. The van der Waals surface area contributed by atoms with Crippen molar-refractivity contribution < 1.29 is 4.92 Å². The van der Waals surface area contributed by atoms with E-state index >= 15 is 0 Å². The average Bonchev–Trinajstić information content (AvgIpc) is 3.18. The summed E-state index contributed by atoms with van der Waals surface area (Å²) >= 11 is 1.55. The van der Waals surface area contributed by atoms with E-state index < -0.39 is 4.92 Å². The summed E-state index contributed by atoms with van der Waals surface area (Å²) in [6.07, 6.45) is 2.54. The van der Waals surface area contributed by atoms with Crippen molar-refractivity contribution in [2.75, 3.05) is 11.1 Å². The van der Waals surface area contributed by atoms with Crippen LogP contribution in [0.2, 0.25) is 0 Å². The van der Waals surface area contributed by atoms with Gasteiger partial charge in [-0.3, -0.25) is 15.2 Å². The molecule has 0 saturated heterocycles. The molecule has 0 unspecified atom stereocenters. The van der Waals surface area contributed by atoms with E-state index in [1.807, 2.05) is 18.2 Å². The summed E-state index contributed by atoms with van der Waals surface area (Å²) in [6, 6.07) is 16.5. The van der Waals surface area contributed by atoms with Gasteiger partial charge in [0.1, 0.15) is 5.82 Å². The number of aromatic nitrogens is 4. The predicted molar refractivity (Wildman–Crippen MR) is 109 cm³/mol. The molecular weight excluding hydrogens is 376 g/mol. The van der Waals surface area contributed by atoms with Gasteiger partial charge < -0.3 is 5.32 Å². The molecule has 2 aromatic heterocycles. The van der Waals surface area contributed by atoms with Crippen LogP contribution in [0.15, 0.2) is 66.0 Å². The Kier molecular flexibility index (Phi) is 5.16. The van der Waals surface area contributed by atoms with Crippen LogP contribution in [0.3, 0.4) is 0 Å². The van der Waals surface area contributed by atoms with Gasteiger partial charge >= 0.3 is 0 Å². The Balaban J connectivity index is 1.55. The van der Waals surface area contributed by atoms with Crippen molar-refractivity contribution in [2.45, 2.75) is 11.6 Å². The first kappa shape index (κ1) is 17.9. The molecule has 0 radical (unpaired) electrons. The first-order valence-electron chi connectivity index (χ1n) is 8.58. The molecule has 0 aliphatic heterocycles. The number of nitro groups is 1. The van der Waals surface area contributed by atoms with E-state index in [0.717, 1.165) is 17.6 Å². The smallest absolute Gasteiger partial charge is 0.271 e. The lowest BCUT2D eigenvalue weighted by Crippen LogP contribution is -1.99. The number of hydrogen-bond donors (Lipinski definition) is 2. The zero-order valence-electron chi connectivity index (χ0n) is 14.7. The second-order valence-corrected chi connectivity index (χ2v) is 7.07. The maximum atomic E-state index is 11.0. The van der Waals surface area contributed by atoms with Gasteiger partial charge in [-0.1, -0.05) is 48.2 Å². The van der Waals surface area contributed by atoms with Crippen LogP contribution in [0, 0.1) is 10.1 Å². The second-order valence-electron chi connectivity index (χ2n) is 6.00. The highest BCUT2D eigenvalue weighted by atomic mass is 32.2. The summed E-state index contributed by atoms with van der Waals surface area (Å²) in [4.78, 5) is 19.7. The van der Waals surface area contributed by atoms with Crippen molar-refractivity contribution in [1.29, 1.82) is 0 Å². The van der Waals surface area contributed by atoms with Crippen LogP contribution in [-0.2, 0) is 6.42 Å². The van der Waals surface area contributed by atoms with Gasteiger partial charge in [0.25, 0.3) is 5.69 Å². The summed E-state index contributed by atoms with van der Waals surface area (Å²) in [5.41, 5.74) is 2.47. The minimum atomic E-state index is -0.427. The van der Waals surface area contributed by atoms with Gasteiger partial charge in [0.15, 0.2) is 10.8 Å². The Labute approximate surface area is 164 Å². The SMILES string of the molecule is O=[N+]([O-])c1cccc(Nc2nc(SCCc3ccccc3)nc3[nH]ncc23)c1. The molecule has 0 amide bonds. The zero-order valence-corrected chi connectivity index (χ0v) is 15.5. The molecule has 2 heterocycles. The lowest BCUT2D eigenvalue weighted by molar-refractivity contribution is -0.384. The van der Waals surface area contributed by atoms with Crippen LogP contribution < -0.4 is 5.32 Å². The fourth-order valence-corrected chi connectivity index (χ4v) is 3.55. The van der Waals surface area contributed by atoms with E-state index in [4.69, 9.17) is 0 Å². The van der Waals surface area contributed by atoms with Gasteiger partial charge in [0.2, 0.25) is 0 Å². The topological polar surface area (TPSA) is 110 Å². The zero-order chi connectivity index (χ0) is 19.3. The third-order valence-electron chi connectivity index (χ3n) is 4.07. The summed E-state index contributed by atoms with van der Waals surface area (Å²) in [7, 11) is 0. The summed E-state index contributed by atoms with van der Waals surface area (Å²) < 4.78 is 0. The Hall–Kier alpha value is -3.46. The van der Waals surface area contributed by atoms with Crippen molar-refractivity contribution >= 4 is 40.0 Å². The number of aromatic amines is 1. The molecule has 0 atom stereocenters. The minimum Gasteiger partial charge on any atom is -0.339 e. The molecule has 8 nitrogen and oxygen atoms in total. The molecule has 0 aliphatic carbocycles. The Morgan fingerprint density at radius 2 is 1.96 bits per heavy atom. The van der Waals surface area contributed by atoms with E-state index in [-0.39, 0.29) is 5.69 Å². The summed E-state index contributed by atoms with van der Waals surface area (Å²) in [5.74, 6) is 1.39. The number of benzene rings is 2. The molecule has 9 heteroatoms. The number of anilines is 2. The quantitative estimate of drug-likeness (QED) is 0.208. The highest BCUT2D eigenvalue weighted by molar-refractivity contribution is 7.99. The van der Waals surface area contributed by atoms with Crippen LogP contribution in [0.4, 0.5) is 17.2 Å². The van der Waals surface area contributed by atoms with Crippen molar-refractivity contribution in [2.24, 2.45) is 0 Å². The Bertz CT molecular complexity index is 1120. The highest BCUT2D eigenvalue weighted by Gasteiger charge is 2.12. The standard InChI is InChI=1S/C19H16N6O2S/c26-25(27)15-8-4-7-14(11-15)21-17-16-12-20-24-18(16)23-19(22-17)28-10-9-13-5-2-1-3-6-13/h1-8,11-12H,9-10H2,(H2,20,21,22,23,24). The molecule has 2 aromatic carbocycles. The van der Waals surface area contributed by atoms with Crippen molar-refractivity contribution in [3.05, 3.63) is 76.5 Å². The maximum absolute atomic E-state index is 11.0. The van der Waals surface area contributed by atoms with E-state index in [9.17, 15) is 10.1 Å². The molecular formula is C19H16N6O2S. The fraction of sp³-hybridized carbons (Fsp3) is 0.105. The molecule has 0 fully saturated rings. The number of nitro benzene ring substituents is 1. The first-order valence-corrected chi connectivity index (χ1v) is 9.57. The third kappa shape index (κ3) is 4.09. The first-order chi connectivity index (χ1) is 13.7. The van der Waals surface area contributed by atoms with E-state index in [0.29, 0.717) is 22.3 Å². The third-order valence-corrected chi connectivity index (χ3v) is 4.92. The van der Waals surface area contributed by atoms with Gasteiger partial charge in [0, 0.05) is 23.6 Å². The normalized spacial score (nSPS) is 10.9. The van der Waals surface area contributed by atoms with Gasteiger partial charge in [-0.2, -0.15) is 5.10 Å². The minimum absolute atomic E-state index is 0.0138. The molecule has 0 saturated carbocycles. The van der Waals surface area contributed by atoms with Crippen LogP contribution in [-0.4, -0.2) is 30.8 Å². The number of nitrogens with one attached hydrogen (secondary N) is 2. The molecule has 28 heavy (non-hydrogen) atoms. The van der Waals surface area contributed by atoms with Crippen LogP contribution in [0.5, 0.6) is 0 Å². The number of thioether (sulfide) groups is 1. The number of H-pyrrole nitrogens is 1. The number of rotatable bonds is 7. The molecule has 0 spiro atoms. The Morgan fingerprint density at radius 1 is 1.11 bits per heavy atom. The van der Waals surface area contributed by atoms with Crippen LogP contribution in [0.1, 0.15) is 5.56 Å². The number of nitrogens with zero attached hydrogens (tertiary/aromatic N) is 4. The Morgan fingerprint density at radius 3 is 2.79 bits per heavy atom. The number of non-ortho nitro benzene ring substituents is 1. The number of fused-ring (bicyclic) bond motifs is 1. The maximum Gasteiger partial charge on any atom is 0.271 e. The molecule has 0 aliphatic rings. The van der Waals surface area contributed by atoms with Crippen LogP contribution >= 0.6 is 11.8 Å². The molecule has 140 valence electrons. The average molecular weight is 392 g/mol.